The molecule has 0 saturated heterocycles. The van der Waals surface area contributed by atoms with Gasteiger partial charge in [0, 0.05) is 11.1 Å². The van der Waals surface area contributed by atoms with Crippen LogP contribution in [0.5, 0.6) is 0 Å². The van der Waals surface area contributed by atoms with Crippen LogP contribution in [0.15, 0.2) is 46.6 Å². The Morgan fingerprint density at radius 1 is 1.11 bits per heavy atom. The molecule has 0 aromatic carbocycles. The van der Waals surface area contributed by atoms with Crippen molar-refractivity contribution < 1.29 is 29.5 Å². The van der Waals surface area contributed by atoms with Gasteiger partial charge in [-0.2, -0.15) is 0 Å². The second kappa shape index (κ2) is 25.8. The zero-order valence-electron chi connectivity index (χ0n) is 16.8. The number of carbonyl (C=O) groups excluding carboxylic acids is 2. The number of hydrogen-bond acceptors (Lipinski definition) is 5. The molecule has 2 rings (SSSR count). The topological polar surface area (TPSA) is 113 Å². The van der Waals surface area contributed by atoms with Gasteiger partial charge in [0.25, 0.3) is 5.91 Å². The Kier molecular flexibility index (Phi) is 33.3. The van der Waals surface area contributed by atoms with Crippen molar-refractivity contribution in [2.24, 2.45) is 5.90 Å². The SMILES string of the molecule is CC(=O)C1=CCC(C)=C1.CC1=CC(C(=O)NO)=CC1.CCI.NO.[CH3-].[I][V][I]. The van der Waals surface area contributed by atoms with Crippen molar-refractivity contribution in [2.75, 3.05) is 4.43 Å². The van der Waals surface area contributed by atoms with E-state index in [9.17, 15) is 9.59 Å². The maximum atomic E-state index is 10.7. The van der Waals surface area contributed by atoms with E-state index in [4.69, 9.17) is 10.4 Å². The summed E-state index contributed by atoms with van der Waals surface area (Å²) in [4.78, 5) is 21.4. The van der Waals surface area contributed by atoms with Gasteiger partial charge in [0.05, 0.1) is 0 Å². The summed E-state index contributed by atoms with van der Waals surface area (Å²) in [5.74, 6) is 3.24. The van der Waals surface area contributed by atoms with E-state index < -0.39 is 5.91 Å². The van der Waals surface area contributed by atoms with E-state index in [0.717, 1.165) is 24.0 Å². The first-order valence-electron chi connectivity index (χ1n) is 7.71. The molecule has 5 N–H and O–H groups in total. The van der Waals surface area contributed by atoms with Crippen LogP contribution in [0.3, 0.4) is 0 Å². The van der Waals surface area contributed by atoms with Crippen molar-refractivity contribution in [3.05, 3.63) is 54.0 Å². The van der Waals surface area contributed by atoms with Gasteiger partial charge in [0.15, 0.2) is 5.78 Å². The maximum absolute atomic E-state index is 10.7. The average Bonchev–Trinajstić information content (AvgIpc) is 3.27. The van der Waals surface area contributed by atoms with Crippen LogP contribution in [0.25, 0.3) is 0 Å². The van der Waals surface area contributed by atoms with E-state index in [2.05, 4.69) is 75.4 Å². The molecule has 2 aliphatic carbocycles. The number of nitrogens with two attached hydrogens (primary N) is 1. The number of hydroxylamine groups is 1. The van der Waals surface area contributed by atoms with Gasteiger partial charge in [-0.1, -0.05) is 65.0 Å². The van der Waals surface area contributed by atoms with Crippen LogP contribution in [-0.4, -0.2) is 26.5 Å². The van der Waals surface area contributed by atoms with Crippen molar-refractivity contribution in [3.8, 4) is 0 Å². The minimum atomic E-state index is -0.433. The Morgan fingerprint density at radius 3 is 1.61 bits per heavy atom. The molecule has 28 heavy (non-hydrogen) atoms. The number of amides is 1. The summed E-state index contributed by atoms with van der Waals surface area (Å²) in [7, 11) is 0.628. The number of rotatable bonds is 2. The van der Waals surface area contributed by atoms with Gasteiger partial charge in [-0.15, -0.1) is 0 Å². The molecule has 0 aromatic heterocycles. The Balaban J connectivity index is -0.000000147. The Bertz CT molecular complexity index is 561. The van der Waals surface area contributed by atoms with E-state index >= 15 is 0 Å². The van der Waals surface area contributed by atoms with Crippen molar-refractivity contribution in [3.63, 3.8) is 0 Å². The molecule has 0 aliphatic heterocycles. The van der Waals surface area contributed by atoms with Crippen LogP contribution in [0.1, 0.15) is 40.5 Å². The molecular weight excluding hydrogens is 740 g/mol. The van der Waals surface area contributed by atoms with Gasteiger partial charge >= 0.3 is 49.4 Å². The summed E-state index contributed by atoms with van der Waals surface area (Å²) in [6, 6.07) is 0. The predicted octanol–water partition coefficient (Wildman–Crippen LogP) is 5.61. The van der Waals surface area contributed by atoms with E-state index in [1.807, 2.05) is 26.0 Å². The third-order valence-corrected chi connectivity index (χ3v) is 2.86. The molecule has 6 nitrogen and oxygen atoms in total. The van der Waals surface area contributed by atoms with Gasteiger partial charge in [-0.05, 0) is 38.0 Å². The fraction of sp³-hybridized carbons (Fsp3) is 0.389. The summed E-state index contributed by atoms with van der Waals surface area (Å²) in [6.07, 6.45) is 9.21. The third kappa shape index (κ3) is 21.5. The molecule has 0 aromatic rings. The van der Waals surface area contributed by atoms with Gasteiger partial charge < -0.3 is 12.6 Å². The molecule has 0 fully saturated rings. The van der Waals surface area contributed by atoms with Gasteiger partial charge in [0.2, 0.25) is 0 Å². The number of halogens is 3. The van der Waals surface area contributed by atoms with Gasteiger partial charge in [-0.25, -0.2) is 11.4 Å². The van der Waals surface area contributed by atoms with Crippen molar-refractivity contribution >= 4 is 74.2 Å². The first-order valence-corrected chi connectivity index (χ1v) is 18.2. The van der Waals surface area contributed by atoms with E-state index in [-0.39, 0.29) is 13.2 Å². The molecule has 0 radical (unpaired) electrons. The first-order chi connectivity index (χ1) is 12.8. The first kappa shape index (κ1) is 36.1. The van der Waals surface area contributed by atoms with Gasteiger partial charge in [0.1, 0.15) is 0 Å². The zero-order chi connectivity index (χ0) is 21.8. The fourth-order valence-corrected chi connectivity index (χ4v) is 1.78. The molecular formula is C18H30I3N2O4V-. The predicted molar refractivity (Wildman–Crippen MR) is 139 cm³/mol. The second-order valence-corrected chi connectivity index (χ2v) is 18.4. The number of nitrogens with one attached hydrogen (secondary N) is 1. The summed E-state index contributed by atoms with van der Waals surface area (Å²) in [6.45, 7) is 7.68. The third-order valence-electron chi connectivity index (χ3n) is 2.86. The Morgan fingerprint density at radius 2 is 1.43 bits per heavy atom. The summed E-state index contributed by atoms with van der Waals surface area (Å²) in [5, 5.41) is 14.7. The standard InChI is InChI=1S/C8H10O.C7H9NO2.C2H5I.CH3.2HI.H3NO.V/c1-6-3-4-8(5-6)7(2)9;1-5-2-3-6(4-5)7(9)8-10;1-2-3;;;;1-2;/h4-5H,3H2,1-2H3;3-4,10H,2H2,1H3,(H,8,9);2H2,1H3;1H3;2*1H;2H,1H2;/q;;;-1;;;;+2/p-2. The average molecular weight is 770 g/mol. The number of Topliss-reactive ketones (excluding diaryl/α,β-unsaturated/α-hetero) is 1. The molecule has 0 heterocycles. The Hall–Kier alpha value is 0.754. The summed E-state index contributed by atoms with van der Waals surface area (Å²) in [5.41, 5.74) is 5.40. The van der Waals surface area contributed by atoms with E-state index in [1.165, 1.54) is 10.0 Å². The van der Waals surface area contributed by atoms with Crippen LogP contribution >= 0.6 is 62.5 Å². The number of allylic oxidation sites excluding steroid dienone is 6. The Labute approximate surface area is 211 Å². The molecule has 0 saturated carbocycles. The van der Waals surface area contributed by atoms with E-state index in [0.29, 0.717) is 15.0 Å². The molecule has 0 bridgehead atoms. The van der Waals surface area contributed by atoms with Gasteiger partial charge in [-0.3, -0.25) is 14.8 Å². The second-order valence-electron chi connectivity index (χ2n) is 5.04. The van der Waals surface area contributed by atoms with E-state index in [1.54, 1.807) is 24.6 Å². The van der Waals surface area contributed by atoms with Crippen LogP contribution in [0, 0.1) is 7.43 Å². The van der Waals surface area contributed by atoms with Crippen LogP contribution in [0.2, 0.25) is 0 Å². The van der Waals surface area contributed by atoms with Crippen molar-refractivity contribution in [2.45, 2.75) is 40.5 Å². The number of alkyl halides is 1. The van der Waals surface area contributed by atoms with Crippen LogP contribution < -0.4 is 11.4 Å². The molecule has 163 valence electrons. The molecule has 0 unspecified atom stereocenters. The zero-order valence-corrected chi connectivity index (χ0v) is 24.7. The normalized spacial score (nSPS) is 12.6. The molecule has 2 aliphatic rings. The van der Waals surface area contributed by atoms with Crippen molar-refractivity contribution in [1.29, 1.82) is 0 Å². The number of hydrogen-bond donors (Lipinski definition) is 4. The summed E-state index contributed by atoms with van der Waals surface area (Å²) >= 11 is 7.03. The fourth-order valence-electron chi connectivity index (χ4n) is 1.78. The van der Waals surface area contributed by atoms with Crippen LogP contribution in [0.4, 0.5) is 0 Å². The molecule has 1 amide bonds. The number of ketones is 1. The molecule has 0 spiro atoms. The van der Waals surface area contributed by atoms with Crippen LogP contribution in [-0.2, 0) is 19.1 Å². The quantitative estimate of drug-likeness (QED) is 0.0960. The molecule has 0 atom stereocenters. The monoisotopic (exact) mass is 770 g/mol. The minimum absolute atomic E-state index is 0. The number of carbonyl (C=O) groups is 2. The van der Waals surface area contributed by atoms with Crippen molar-refractivity contribution in [1.82, 2.24) is 5.48 Å². The summed E-state index contributed by atoms with van der Waals surface area (Å²) < 4.78 is 1.22. The molecule has 10 heteroatoms.